The molecule has 304 valence electrons. The van der Waals surface area contributed by atoms with E-state index in [4.69, 9.17) is 9.72 Å². The number of nitrogens with one attached hydrogen (secondary N) is 3. The first-order valence-corrected chi connectivity index (χ1v) is 18.4. The highest BCUT2D eigenvalue weighted by atomic mass is 32.1. The number of hydrogen-bond donors (Lipinski definition) is 3. The fourth-order valence-electron chi connectivity index (χ4n) is 7.25. The standard InChI is InChI=1S/C42H45N7O4.4H2S/c1-26(2)27(3)40(50)48-22-9-13-36(48)39-44-32-21-18-29(24-33(32)45-39)15-14-28-16-19-30(20-17-28)34-25-43-38(46-34)35-12-8-23-49(35)41(51)37(47-42(52)53-4)31-10-6-5-7-11-31;;;;/h5-7,10-11,16-21,24-27,35-37H,8-9,12-13,22-23H2,1-4H3,(H,43,46)(H,44,45)(H,47,52);4*1H2/t27-,35-,36-,37-;;;;/m0..../s1. The number of aromatic nitrogens is 4. The van der Waals surface area contributed by atoms with Gasteiger partial charge in [-0.2, -0.15) is 54.0 Å². The molecule has 0 spiro atoms. The lowest BCUT2D eigenvalue weighted by Crippen LogP contribution is -2.42. The number of nitrogens with zero attached hydrogens (tertiary/aromatic N) is 4. The molecule has 15 heteroatoms. The Labute approximate surface area is 362 Å². The van der Waals surface area contributed by atoms with Crippen LogP contribution in [0.4, 0.5) is 4.79 Å². The summed E-state index contributed by atoms with van der Waals surface area (Å²) in [7, 11) is 1.28. The number of fused-ring (bicyclic) bond motifs is 1. The number of carbonyl (C=O) groups is 3. The topological polar surface area (TPSA) is 136 Å². The van der Waals surface area contributed by atoms with Crippen molar-refractivity contribution in [2.75, 3.05) is 20.2 Å². The van der Waals surface area contributed by atoms with Gasteiger partial charge in [-0.1, -0.05) is 75.1 Å². The maximum atomic E-state index is 13.8. The van der Waals surface area contributed by atoms with Crippen LogP contribution < -0.4 is 5.32 Å². The normalized spacial score (nSPS) is 16.9. The average molecular weight is 848 g/mol. The van der Waals surface area contributed by atoms with Gasteiger partial charge in [-0.3, -0.25) is 9.59 Å². The molecule has 2 aliphatic heterocycles. The van der Waals surface area contributed by atoms with Crippen molar-refractivity contribution < 1.29 is 19.1 Å². The third-order valence-electron chi connectivity index (χ3n) is 10.6. The first kappa shape index (κ1) is 46.9. The molecule has 4 heterocycles. The van der Waals surface area contributed by atoms with E-state index in [0.29, 0.717) is 23.9 Å². The van der Waals surface area contributed by atoms with Gasteiger partial charge >= 0.3 is 6.09 Å². The van der Waals surface area contributed by atoms with Crippen molar-refractivity contribution >= 4 is 82.9 Å². The summed E-state index contributed by atoms with van der Waals surface area (Å²) in [6, 6.07) is 22.0. The Balaban J connectivity index is 0.00000218. The molecule has 2 aliphatic rings. The van der Waals surface area contributed by atoms with Crippen LogP contribution in [-0.4, -0.2) is 67.8 Å². The number of ether oxygens (including phenoxy) is 1. The molecule has 0 aliphatic carbocycles. The summed E-state index contributed by atoms with van der Waals surface area (Å²) >= 11 is 0. The number of hydrogen-bond acceptors (Lipinski definition) is 6. The molecule has 2 fully saturated rings. The molecular formula is C42H53N7O4S4. The molecule has 3 aromatic carbocycles. The Morgan fingerprint density at radius 1 is 0.789 bits per heavy atom. The number of rotatable bonds is 8. The minimum Gasteiger partial charge on any atom is -0.453 e. The molecule has 4 atom stereocenters. The van der Waals surface area contributed by atoms with Crippen molar-refractivity contribution in [1.82, 2.24) is 35.1 Å². The van der Waals surface area contributed by atoms with Crippen molar-refractivity contribution in [1.29, 1.82) is 0 Å². The van der Waals surface area contributed by atoms with Gasteiger partial charge in [0.05, 0.1) is 42.1 Å². The van der Waals surface area contributed by atoms with Gasteiger partial charge in [0.1, 0.15) is 17.7 Å². The van der Waals surface area contributed by atoms with E-state index in [0.717, 1.165) is 71.5 Å². The van der Waals surface area contributed by atoms with Gasteiger partial charge in [0, 0.05) is 30.1 Å². The highest BCUT2D eigenvalue weighted by Gasteiger charge is 2.37. The Kier molecular flexibility index (Phi) is 17.1. The quantitative estimate of drug-likeness (QED) is 0.138. The lowest BCUT2D eigenvalue weighted by molar-refractivity contribution is -0.137. The number of H-pyrrole nitrogens is 2. The lowest BCUT2D eigenvalue weighted by atomic mass is 9.96. The third-order valence-corrected chi connectivity index (χ3v) is 10.6. The van der Waals surface area contributed by atoms with Crippen LogP contribution >= 0.6 is 54.0 Å². The monoisotopic (exact) mass is 847 g/mol. The van der Waals surface area contributed by atoms with E-state index in [1.165, 1.54) is 7.11 Å². The molecular weight excluding hydrogens is 795 g/mol. The molecule has 5 aromatic rings. The van der Waals surface area contributed by atoms with E-state index in [1.807, 2.05) is 84.6 Å². The van der Waals surface area contributed by atoms with E-state index in [1.54, 1.807) is 11.1 Å². The number of amides is 3. The van der Waals surface area contributed by atoms with Crippen molar-refractivity contribution in [3.05, 3.63) is 107 Å². The highest BCUT2D eigenvalue weighted by molar-refractivity contribution is 7.59. The molecule has 3 amide bonds. The Hall–Kier alpha value is -4.49. The van der Waals surface area contributed by atoms with Gasteiger partial charge in [-0.05, 0) is 73.1 Å². The Morgan fingerprint density at radius 2 is 1.40 bits per heavy atom. The lowest BCUT2D eigenvalue weighted by Gasteiger charge is -2.28. The second-order valence-corrected chi connectivity index (χ2v) is 14.3. The average Bonchev–Trinajstić information content (AvgIpc) is 4.01. The van der Waals surface area contributed by atoms with Crippen molar-refractivity contribution in [3.8, 4) is 23.1 Å². The number of methoxy groups -OCH3 is 1. The van der Waals surface area contributed by atoms with Gasteiger partial charge in [0.15, 0.2) is 0 Å². The van der Waals surface area contributed by atoms with Gasteiger partial charge < -0.3 is 29.8 Å². The second-order valence-electron chi connectivity index (χ2n) is 14.3. The molecule has 7 rings (SSSR count). The van der Waals surface area contributed by atoms with Crippen LogP contribution in [0.2, 0.25) is 0 Å². The smallest absolute Gasteiger partial charge is 0.407 e. The number of imidazole rings is 2. The zero-order valence-corrected chi connectivity index (χ0v) is 36.6. The summed E-state index contributed by atoms with van der Waals surface area (Å²) in [5.41, 5.74) is 5.99. The second kappa shape index (κ2) is 20.8. The molecule has 2 saturated heterocycles. The molecule has 0 radical (unpaired) electrons. The summed E-state index contributed by atoms with van der Waals surface area (Å²) in [6.45, 7) is 7.52. The van der Waals surface area contributed by atoms with Crippen LogP contribution in [0.1, 0.15) is 92.9 Å². The summed E-state index contributed by atoms with van der Waals surface area (Å²) in [5.74, 6) is 8.36. The van der Waals surface area contributed by atoms with Crippen LogP contribution in [0.15, 0.2) is 79.0 Å². The van der Waals surface area contributed by atoms with Gasteiger partial charge in [0.2, 0.25) is 5.91 Å². The summed E-state index contributed by atoms with van der Waals surface area (Å²) in [5, 5.41) is 2.71. The first-order valence-electron chi connectivity index (χ1n) is 18.4. The fourth-order valence-corrected chi connectivity index (χ4v) is 7.25. The molecule has 11 nitrogen and oxygen atoms in total. The Morgan fingerprint density at radius 3 is 2.05 bits per heavy atom. The zero-order valence-electron chi connectivity index (χ0n) is 32.6. The zero-order chi connectivity index (χ0) is 37.1. The third kappa shape index (κ3) is 10.3. The SMILES string of the molecule is COC(=O)N[C@H](C(=O)N1CCC[C@H]1c1ncc(-c2ccc(C#Cc3ccc4nc([C@@H]5CCCN5C(=O)[C@@H](C)C(C)C)[nH]c4c3)cc2)[nH]1)c1ccccc1.S.S.S.S. The number of carbonyl (C=O) groups excluding carboxylic acids is 3. The fraction of sp³-hybridized carbons (Fsp3) is 0.357. The maximum absolute atomic E-state index is 13.8. The van der Waals surface area contributed by atoms with Gasteiger partial charge in [-0.15, -0.1) is 0 Å². The number of aromatic amines is 2. The summed E-state index contributed by atoms with van der Waals surface area (Å²) in [4.78, 5) is 59.4. The highest BCUT2D eigenvalue weighted by Crippen LogP contribution is 2.35. The van der Waals surface area contributed by atoms with E-state index >= 15 is 0 Å². The van der Waals surface area contributed by atoms with Crippen LogP contribution in [0, 0.1) is 23.7 Å². The van der Waals surface area contributed by atoms with E-state index in [-0.39, 0.29) is 83.8 Å². The minimum atomic E-state index is -0.871. The van der Waals surface area contributed by atoms with Crippen LogP contribution in [0.5, 0.6) is 0 Å². The van der Waals surface area contributed by atoms with Gasteiger partial charge in [0.25, 0.3) is 5.91 Å². The maximum Gasteiger partial charge on any atom is 0.407 e. The van der Waals surface area contributed by atoms with E-state index in [2.05, 4.69) is 46.0 Å². The van der Waals surface area contributed by atoms with Gasteiger partial charge in [-0.25, -0.2) is 14.8 Å². The molecule has 0 unspecified atom stereocenters. The molecule has 3 N–H and O–H groups in total. The first-order chi connectivity index (χ1) is 25.7. The molecule has 57 heavy (non-hydrogen) atoms. The number of benzene rings is 3. The van der Waals surface area contributed by atoms with E-state index < -0.39 is 12.1 Å². The predicted octanol–water partition coefficient (Wildman–Crippen LogP) is 7.52. The number of alkyl carbamates (subject to hydrolysis) is 1. The predicted molar refractivity (Wildman–Crippen MR) is 244 cm³/mol. The summed E-state index contributed by atoms with van der Waals surface area (Å²) in [6.07, 6.45) is 4.59. The van der Waals surface area contributed by atoms with Crippen LogP contribution in [0.25, 0.3) is 22.3 Å². The number of likely N-dealkylation sites (tertiary alicyclic amines) is 2. The van der Waals surface area contributed by atoms with E-state index in [9.17, 15) is 14.4 Å². The molecule has 0 bridgehead atoms. The van der Waals surface area contributed by atoms with Crippen molar-refractivity contribution in [2.24, 2.45) is 11.8 Å². The molecule has 0 saturated carbocycles. The minimum absolute atomic E-state index is 0. The Bertz CT molecular complexity index is 2180. The van der Waals surface area contributed by atoms with Crippen molar-refractivity contribution in [2.45, 2.75) is 64.6 Å². The molecule has 2 aromatic heterocycles. The summed E-state index contributed by atoms with van der Waals surface area (Å²) < 4.78 is 4.82. The van der Waals surface area contributed by atoms with Crippen LogP contribution in [0.3, 0.4) is 0 Å². The largest absolute Gasteiger partial charge is 0.453 e. The van der Waals surface area contributed by atoms with Crippen LogP contribution in [-0.2, 0) is 14.3 Å². The van der Waals surface area contributed by atoms with Crippen molar-refractivity contribution in [3.63, 3.8) is 0 Å².